The van der Waals surface area contributed by atoms with Crippen LogP contribution in [0.4, 0.5) is 5.69 Å². The van der Waals surface area contributed by atoms with Crippen LogP contribution in [0.3, 0.4) is 0 Å². The predicted octanol–water partition coefficient (Wildman–Crippen LogP) is 5.19. The van der Waals surface area contributed by atoms with Crippen LogP contribution in [-0.2, 0) is 27.8 Å². The second-order valence-corrected chi connectivity index (χ2v) is 10.7. The number of methoxy groups -OCH3 is 1. The third-order valence-electron chi connectivity index (χ3n) is 4.89. The molecule has 2 aromatic carbocycles. The van der Waals surface area contributed by atoms with E-state index in [-0.39, 0.29) is 29.1 Å². The molecule has 0 aliphatic rings. The van der Waals surface area contributed by atoms with Crippen LogP contribution in [0.15, 0.2) is 64.9 Å². The van der Waals surface area contributed by atoms with E-state index in [0.29, 0.717) is 17.1 Å². The molecular formula is C23H25ClN2O4S2. The Hall–Kier alpha value is -2.39. The molecule has 9 heteroatoms. The number of ether oxygens (including phenoxy) is 1. The minimum absolute atomic E-state index is 0.00163. The highest BCUT2D eigenvalue weighted by atomic mass is 35.5. The van der Waals surface area contributed by atoms with Gasteiger partial charge in [-0.2, -0.15) is 4.31 Å². The molecule has 1 heterocycles. The summed E-state index contributed by atoms with van der Waals surface area (Å²) in [4.78, 5) is 12.6. The van der Waals surface area contributed by atoms with Crippen LogP contribution in [0.2, 0.25) is 5.02 Å². The molecule has 1 aromatic heterocycles. The molecule has 0 spiro atoms. The Labute approximate surface area is 197 Å². The van der Waals surface area contributed by atoms with Crippen molar-refractivity contribution in [1.82, 2.24) is 4.31 Å². The van der Waals surface area contributed by atoms with Crippen LogP contribution in [-0.4, -0.2) is 31.8 Å². The van der Waals surface area contributed by atoms with Crippen LogP contribution in [0.1, 0.15) is 24.3 Å². The van der Waals surface area contributed by atoms with E-state index in [9.17, 15) is 13.2 Å². The predicted molar refractivity (Wildman–Crippen MR) is 129 cm³/mol. The first-order chi connectivity index (χ1) is 15.2. The van der Waals surface area contributed by atoms with Gasteiger partial charge < -0.3 is 10.1 Å². The van der Waals surface area contributed by atoms with E-state index >= 15 is 0 Å². The Balaban J connectivity index is 2.05. The third kappa shape index (κ3) is 5.89. The van der Waals surface area contributed by atoms with Crippen molar-refractivity contribution < 1.29 is 17.9 Å². The normalized spacial score (nSPS) is 12.5. The maximum absolute atomic E-state index is 13.9. The van der Waals surface area contributed by atoms with E-state index in [2.05, 4.69) is 5.32 Å². The Kier molecular flexibility index (Phi) is 7.95. The first kappa shape index (κ1) is 24.3. The van der Waals surface area contributed by atoms with E-state index in [4.69, 9.17) is 16.3 Å². The quantitative estimate of drug-likeness (QED) is 0.446. The summed E-state index contributed by atoms with van der Waals surface area (Å²) in [7, 11) is -2.56. The number of halogens is 1. The highest BCUT2D eigenvalue weighted by Crippen LogP contribution is 2.32. The first-order valence-corrected chi connectivity index (χ1v) is 12.6. The average Bonchev–Trinajstić information content (AvgIpc) is 3.25. The third-order valence-corrected chi connectivity index (χ3v) is 8.02. The summed E-state index contributed by atoms with van der Waals surface area (Å²) in [5.74, 6) is -0.0777. The zero-order valence-electron chi connectivity index (χ0n) is 18.0. The van der Waals surface area contributed by atoms with Gasteiger partial charge in [0.2, 0.25) is 15.9 Å². The van der Waals surface area contributed by atoms with Gasteiger partial charge in [-0.25, -0.2) is 8.42 Å². The van der Waals surface area contributed by atoms with E-state index in [1.165, 1.54) is 24.4 Å². The number of anilines is 1. The van der Waals surface area contributed by atoms with Crippen molar-refractivity contribution in [2.75, 3.05) is 12.4 Å². The number of hydrogen-bond acceptors (Lipinski definition) is 5. The Bertz CT molecular complexity index is 1160. The molecule has 1 amide bonds. The van der Waals surface area contributed by atoms with Gasteiger partial charge in [-0.1, -0.05) is 29.8 Å². The fourth-order valence-corrected chi connectivity index (χ4v) is 6.11. The van der Waals surface area contributed by atoms with Crippen LogP contribution >= 0.6 is 22.9 Å². The van der Waals surface area contributed by atoms with E-state index in [0.717, 1.165) is 10.4 Å². The van der Waals surface area contributed by atoms with E-state index in [1.54, 1.807) is 35.6 Å². The van der Waals surface area contributed by atoms with Crippen LogP contribution < -0.4 is 10.1 Å². The summed E-state index contributed by atoms with van der Waals surface area (Å²) in [6, 6.07) is 15.3. The smallest absolute Gasteiger partial charge is 0.247 e. The molecule has 1 N–H and O–H groups in total. The van der Waals surface area contributed by atoms with Gasteiger partial charge in [-0.15, -0.1) is 11.3 Å². The Morgan fingerprint density at radius 3 is 2.50 bits per heavy atom. The first-order valence-electron chi connectivity index (χ1n) is 9.95. The van der Waals surface area contributed by atoms with Gasteiger partial charge in [0.25, 0.3) is 0 Å². The molecule has 0 unspecified atom stereocenters. The fraction of sp³-hybridized carbons (Fsp3) is 0.261. The minimum Gasteiger partial charge on any atom is -0.495 e. The molecule has 1 atom stereocenters. The van der Waals surface area contributed by atoms with Gasteiger partial charge in [0, 0.05) is 35.1 Å². The molecule has 0 fully saturated rings. The van der Waals surface area contributed by atoms with Crippen LogP contribution in [0.25, 0.3) is 0 Å². The van der Waals surface area contributed by atoms with Gasteiger partial charge >= 0.3 is 0 Å². The van der Waals surface area contributed by atoms with Crippen molar-refractivity contribution in [3.63, 3.8) is 0 Å². The summed E-state index contributed by atoms with van der Waals surface area (Å²) in [5, 5.41) is 5.19. The lowest BCUT2D eigenvalue weighted by molar-refractivity contribution is -0.114. The molecule has 0 aliphatic heterocycles. The van der Waals surface area contributed by atoms with Crippen molar-refractivity contribution >= 4 is 44.6 Å². The Morgan fingerprint density at radius 1 is 1.19 bits per heavy atom. The van der Waals surface area contributed by atoms with Crippen molar-refractivity contribution in [2.24, 2.45) is 0 Å². The number of nitrogens with one attached hydrogen (secondary N) is 1. The van der Waals surface area contributed by atoms with Gasteiger partial charge in [0.1, 0.15) is 10.6 Å². The molecule has 6 nitrogen and oxygen atoms in total. The van der Waals surface area contributed by atoms with Gasteiger partial charge in [0.05, 0.1) is 7.11 Å². The highest BCUT2D eigenvalue weighted by molar-refractivity contribution is 7.89. The van der Waals surface area contributed by atoms with Crippen molar-refractivity contribution in [3.05, 3.63) is 75.4 Å². The topological polar surface area (TPSA) is 75.7 Å². The number of thiophene rings is 1. The molecule has 0 bridgehead atoms. The molecule has 0 saturated carbocycles. The number of sulfonamides is 1. The molecule has 32 heavy (non-hydrogen) atoms. The standard InChI is InChI=1S/C23H25ClN2O4S2/c1-16(13-21-5-4-12-31-21)26(15-18-6-8-19(24)9-7-18)32(28,29)23-14-20(25-17(2)27)10-11-22(23)30-3/h4-12,14,16H,13,15H2,1-3H3,(H,25,27)/t16-/m0/s1. The molecule has 0 radical (unpaired) electrons. The second kappa shape index (κ2) is 10.5. The summed E-state index contributed by atoms with van der Waals surface area (Å²) in [6.07, 6.45) is 0.568. The van der Waals surface area contributed by atoms with Gasteiger partial charge in [-0.3, -0.25) is 4.79 Å². The molecule has 170 valence electrons. The number of benzene rings is 2. The lowest BCUT2D eigenvalue weighted by atomic mass is 10.1. The average molecular weight is 493 g/mol. The number of carbonyl (C=O) groups excluding carboxylic acids is 1. The summed E-state index contributed by atoms with van der Waals surface area (Å²) in [5.41, 5.74) is 1.20. The number of rotatable bonds is 9. The summed E-state index contributed by atoms with van der Waals surface area (Å²) in [6.45, 7) is 3.42. The lowest BCUT2D eigenvalue weighted by Gasteiger charge is -2.29. The van der Waals surface area contributed by atoms with Gasteiger partial charge in [0.15, 0.2) is 0 Å². The van der Waals surface area contributed by atoms with Crippen LogP contribution in [0, 0.1) is 0 Å². The summed E-state index contributed by atoms with van der Waals surface area (Å²) < 4.78 is 34.6. The fourth-order valence-electron chi connectivity index (χ4n) is 3.35. The van der Waals surface area contributed by atoms with Gasteiger partial charge in [-0.05, 0) is 60.7 Å². The van der Waals surface area contributed by atoms with E-state index in [1.807, 2.05) is 36.6 Å². The molecule has 0 aliphatic carbocycles. The SMILES string of the molecule is COc1ccc(NC(C)=O)cc1S(=O)(=O)N(Cc1ccc(Cl)cc1)[C@@H](C)Cc1cccs1. The number of hydrogen-bond donors (Lipinski definition) is 1. The number of nitrogens with zero attached hydrogens (tertiary/aromatic N) is 1. The van der Waals surface area contributed by atoms with Crippen LogP contribution in [0.5, 0.6) is 5.75 Å². The van der Waals surface area contributed by atoms with Crippen molar-refractivity contribution in [3.8, 4) is 5.75 Å². The Morgan fingerprint density at radius 2 is 1.91 bits per heavy atom. The zero-order chi connectivity index (χ0) is 23.3. The maximum Gasteiger partial charge on any atom is 0.247 e. The number of amides is 1. The largest absolute Gasteiger partial charge is 0.495 e. The zero-order valence-corrected chi connectivity index (χ0v) is 20.4. The second-order valence-electron chi connectivity index (χ2n) is 7.36. The van der Waals surface area contributed by atoms with Crippen molar-refractivity contribution in [1.29, 1.82) is 0 Å². The molecule has 0 saturated heterocycles. The highest BCUT2D eigenvalue weighted by Gasteiger charge is 2.32. The minimum atomic E-state index is -3.98. The number of carbonyl (C=O) groups is 1. The van der Waals surface area contributed by atoms with E-state index < -0.39 is 10.0 Å². The maximum atomic E-state index is 13.9. The molecular weight excluding hydrogens is 468 g/mol. The van der Waals surface area contributed by atoms with Crippen molar-refractivity contribution in [2.45, 2.75) is 37.8 Å². The monoisotopic (exact) mass is 492 g/mol. The molecule has 3 rings (SSSR count). The lowest BCUT2D eigenvalue weighted by Crippen LogP contribution is -2.39. The molecule has 3 aromatic rings. The summed E-state index contributed by atoms with van der Waals surface area (Å²) >= 11 is 7.60.